The van der Waals surface area contributed by atoms with Crippen molar-refractivity contribution in [1.29, 1.82) is 0 Å². The van der Waals surface area contributed by atoms with Gasteiger partial charge in [-0.25, -0.2) is 4.79 Å². The van der Waals surface area contributed by atoms with Gasteiger partial charge in [-0.05, 0) is 29.3 Å². The smallest absolute Gasteiger partial charge is 0.330 e. The van der Waals surface area contributed by atoms with Gasteiger partial charge in [-0.15, -0.1) is 0 Å². The molecule has 1 fully saturated rings. The van der Waals surface area contributed by atoms with Crippen LogP contribution in [0.15, 0.2) is 48.5 Å². The Hall–Kier alpha value is -3.23. The lowest BCUT2D eigenvalue weighted by molar-refractivity contribution is -0.306. The second kappa shape index (κ2) is 13.5. The number of methoxy groups -OCH3 is 2. The van der Waals surface area contributed by atoms with E-state index in [0.717, 1.165) is 5.56 Å². The van der Waals surface area contributed by atoms with E-state index >= 15 is 0 Å². The van der Waals surface area contributed by atoms with Crippen LogP contribution in [0, 0.1) is 0 Å². The monoisotopic (exact) mass is 536 g/mol. The molecule has 38 heavy (non-hydrogen) atoms. The quantitative estimate of drug-likeness (QED) is 0.166. The standard InChI is InChI=1S/C26H32O12/c1-34-17-10-15(11-18(35-2)22(17)30)21(29)16(27)12-37-26-25(33)24(32)23(31)19(38-26)13-36-20(28)9-8-14-6-4-3-5-7-14/h3-11,16,19,21,23-27,29-33H,12-13H2,1-2H3/t16-,19-,21-,23+,24+,25+,26-/m1/s1. The first-order valence-electron chi connectivity index (χ1n) is 11.7. The highest BCUT2D eigenvalue weighted by atomic mass is 16.7. The lowest BCUT2D eigenvalue weighted by Crippen LogP contribution is -2.59. The first-order valence-corrected chi connectivity index (χ1v) is 11.7. The molecule has 0 spiro atoms. The van der Waals surface area contributed by atoms with Crippen molar-refractivity contribution < 1.29 is 59.1 Å². The number of carbonyl (C=O) groups excluding carboxylic acids is 1. The molecule has 2 aromatic carbocycles. The molecule has 7 atom stereocenters. The fraction of sp³-hybridized carbons (Fsp3) is 0.423. The van der Waals surface area contributed by atoms with Crippen LogP contribution < -0.4 is 9.47 Å². The average Bonchev–Trinajstić information content (AvgIpc) is 2.94. The molecule has 1 saturated heterocycles. The van der Waals surface area contributed by atoms with Crippen molar-refractivity contribution in [2.24, 2.45) is 0 Å². The molecule has 0 aliphatic carbocycles. The molecule has 1 aliphatic rings. The van der Waals surface area contributed by atoms with Crippen molar-refractivity contribution >= 4 is 12.0 Å². The van der Waals surface area contributed by atoms with Gasteiger partial charge < -0.3 is 54.3 Å². The summed E-state index contributed by atoms with van der Waals surface area (Å²) in [5, 5.41) is 61.8. The lowest BCUT2D eigenvalue weighted by atomic mass is 9.99. The van der Waals surface area contributed by atoms with Crippen LogP contribution in [-0.4, -0.2) is 101 Å². The van der Waals surface area contributed by atoms with Gasteiger partial charge in [0.05, 0.1) is 20.8 Å². The van der Waals surface area contributed by atoms with E-state index in [1.165, 1.54) is 38.5 Å². The minimum Gasteiger partial charge on any atom is -0.502 e. The molecule has 0 bridgehead atoms. The molecule has 6 N–H and O–H groups in total. The summed E-state index contributed by atoms with van der Waals surface area (Å²) in [5.74, 6) is -0.998. The van der Waals surface area contributed by atoms with Crippen LogP contribution in [-0.2, 0) is 19.0 Å². The molecule has 0 aromatic heterocycles. The van der Waals surface area contributed by atoms with E-state index in [-0.39, 0.29) is 22.8 Å². The van der Waals surface area contributed by atoms with E-state index in [4.69, 9.17) is 23.7 Å². The molecule has 3 rings (SSSR count). The number of aliphatic hydroxyl groups excluding tert-OH is 5. The van der Waals surface area contributed by atoms with Gasteiger partial charge in [0.25, 0.3) is 0 Å². The number of phenols is 1. The second-order valence-corrected chi connectivity index (χ2v) is 8.51. The summed E-state index contributed by atoms with van der Waals surface area (Å²) >= 11 is 0. The van der Waals surface area contributed by atoms with E-state index in [0.29, 0.717) is 0 Å². The summed E-state index contributed by atoms with van der Waals surface area (Å²) in [4.78, 5) is 12.0. The molecular formula is C26H32O12. The molecule has 0 saturated carbocycles. The van der Waals surface area contributed by atoms with Gasteiger partial charge in [0.15, 0.2) is 17.8 Å². The third-order valence-electron chi connectivity index (χ3n) is 5.91. The minimum absolute atomic E-state index is 0.00525. The van der Waals surface area contributed by atoms with Crippen LogP contribution in [0.2, 0.25) is 0 Å². The van der Waals surface area contributed by atoms with Crippen molar-refractivity contribution in [1.82, 2.24) is 0 Å². The molecule has 2 aromatic rings. The largest absolute Gasteiger partial charge is 0.502 e. The molecular weight excluding hydrogens is 504 g/mol. The zero-order valence-corrected chi connectivity index (χ0v) is 20.8. The fourth-order valence-corrected chi connectivity index (χ4v) is 3.72. The first kappa shape index (κ1) is 29.3. The van der Waals surface area contributed by atoms with E-state index in [1.54, 1.807) is 24.3 Å². The highest BCUT2D eigenvalue weighted by Crippen LogP contribution is 2.39. The third kappa shape index (κ3) is 7.20. The summed E-state index contributed by atoms with van der Waals surface area (Å²) in [6, 6.07) is 11.6. The molecule has 0 unspecified atom stereocenters. The summed E-state index contributed by atoms with van der Waals surface area (Å²) < 4.78 is 26.0. The Morgan fingerprint density at radius 2 is 1.63 bits per heavy atom. The Kier molecular flexibility index (Phi) is 10.4. The Labute approximate surface area is 218 Å². The van der Waals surface area contributed by atoms with Gasteiger partial charge in [0, 0.05) is 6.08 Å². The van der Waals surface area contributed by atoms with Crippen molar-refractivity contribution in [3.8, 4) is 17.2 Å². The predicted molar refractivity (Wildman–Crippen MR) is 131 cm³/mol. The Morgan fingerprint density at radius 3 is 2.24 bits per heavy atom. The van der Waals surface area contributed by atoms with Gasteiger partial charge >= 0.3 is 5.97 Å². The highest BCUT2D eigenvalue weighted by molar-refractivity contribution is 5.87. The summed E-state index contributed by atoms with van der Waals surface area (Å²) in [5.41, 5.74) is 0.914. The maximum Gasteiger partial charge on any atom is 0.330 e. The number of aliphatic hydroxyl groups is 5. The minimum atomic E-state index is -1.70. The van der Waals surface area contributed by atoms with Gasteiger partial charge in [-0.1, -0.05) is 30.3 Å². The zero-order valence-electron chi connectivity index (χ0n) is 20.8. The number of hydrogen-bond donors (Lipinski definition) is 6. The molecule has 1 aliphatic heterocycles. The van der Waals surface area contributed by atoms with Crippen LogP contribution in [0.3, 0.4) is 0 Å². The Balaban J connectivity index is 1.58. The van der Waals surface area contributed by atoms with Crippen LogP contribution in [0.1, 0.15) is 17.2 Å². The number of ether oxygens (including phenoxy) is 5. The van der Waals surface area contributed by atoms with Gasteiger partial charge in [0.1, 0.15) is 43.2 Å². The number of esters is 1. The Morgan fingerprint density at radius 1 is 1.00 bits per heavy atom. The fourth-order valence-electron chi connectivity index (χ4n) is 3.72. The average molecular weight is 537 g/mol. The topological polar surface area (TPSA) is 185 Å². The maximum atomic E-state index is 12.0. The van der Waals surface area contributed by atoms with Crippen LogP contribution >= 0.6 is 0 Å². The Bertz CT molecular complexity index is 1050. The first-order chi connectivity index (χ1) is 18.2. The number of benzene rings is 2. The van der Waals surface area contributed by atoms with Crippen molar-refractivity contribution in [2.45, 2.75) is 42.9 Å². The van der Waals surface area contributed by atoms with Crippen molar-refractivity contribution in [3.63, 3.8) is 0 Å². The van der Waals surface area contributed by atoms with E-state index in [1.807, 2.05) is 6.07 Å². The van der Waals surface area contributed by atoms with E-state index < -0.39 is 62.1 Å². The third-order valence-corrected chi connectivity index (χ3v) is 5.91. The van der Waals surface area contributed by atoms with Crippen molar-refractivity contribution in [2.75, 3.05) is 27.4 Å². The molecule has 1 heterocycles. The zero-order chi connectivity index (χ0) is 27.8. The summed E-state index contributed by atoms with van der Waals surface area (Å²) in [6.45, 7) is -1.02. The van der Waals surface area contributed by atoms with Crippen LogP contribution in [0.25, 0.3) is 6.08 Å². The number of rotatable bonds is 11. The number of hydrogen-bond acceptors (Lipinski definition) is 12. The number of aromatic hydroxyl groups is 1. The summed E-state index contributed by atoms with van der Waals surface area (Å²) in [6.07, 6.45) is -8.12. The molecule has 0 radical (unpaired) electrons. The normalized spacial score (nSPS) is 25.1. The van der Waals surface area contributed by atoms with E-state index in [9.17, 15) is 35.4 Å². The van der Waals surface area contributed by atoms with E-state index in [2.05, 4.69) is 0 Å². The molecule has 208 valence electrons. The van der Waals surface area contributed by atoms with Gasteiger partial charge in [0.2, 0.25) is 5.75 Å². The molecule has 0 amide bonds. The SMILES string of the molecule is COc1cc([C@@H](O)[C@H](O)CO[C@@H]2O[C@H](COC(=O)C=Cc3ccccc3)[C@H](O)[C@H](O)[C@@H]2O)cc(OC)c1O. The molecule has 12 heteroatoms. The number of phenolic OH excluding ortho intramolecular Hbond substituents is 1. The van der Waals surface area contributed by atoms with Crippen molar-refractivity contribution in [3.05, 3.63) is 59.7 Å². The molecule has 12 nitrogen and oxygen atoms in total. The van der Waals surface area contributed by atoms with Crippen LogP contribution in [0.5, 0.6) is 17.2 Å². The lowest BCUT2D eigenvalue weighted by Gasteiger charge is -2.40. The summed E-state index contributed by atoms with van der Waals surface area (Å²) in [7, 11) is 2.61. The highest BCUT2D eigenvalue weighted by Gasteiger charge is 2.45. The maximum absolute atomic E-state index is 12.0. The van der Waals surface area contributed by atoms with Gasteiger partial charge in [-0.2, -0.15) is 0 Å². The second-order valence-electron chi connectivity index (χ2n) is 8.51. The number of carbonyl (C=O) groups is 1. The predicted octanol–water partition coefficient (Wildman–Crippen LogP) is -0.116. The van der Waals surface area contributed by atoms with Crippen LogP contribution in [0.4, 0.5) is 0 Å². The van der Waals surface area contributed by atoms with Gasteiger partial charge in [-0.3, -0.25) is 0 Å².